The Bertz CT molecular complexity index is 739. The molecular formula is C19H22O4. The molecule has 0 saturated heterocycles. The largest absolute Gasteiger partial charge is 0.493 e. The lowest BCUT2D eigenvalue weighted by molar-refractivity contribution is -0.148. The molecule has 4 heteroatoms. The van der Waals surface area contributed by atoms with E-state index in [9.17, 15) is 4.79 Å². The standard InChI is InChI=1S/C19H22O4/c1-19(2,3)23-17(20)11-10-15-14-9-7-6-8-13(14)12-16(21-4)18(15)22-5/h6-12H,1-5H3/b11-10+. The molecule has 0 fully saturated rings. The lowest BCUT2D eigenvalue weighted by atomic mass is 10.0. The fraction of sp³-hybridized carbons (Fsp3) is 0.316. The molecule has 2 aromatic rings. The van der Waals surface area contributed by atoms with Gasteiger partial charge in [0.25, 0.3) is 0 Å². The van der Waals surface area contributed by atoms with E-state index in [1.807, 2.05) is 51.1 Å². The van der Waals surface area contributed by atoms with Gasteiger partial charge < -0.3 is 14.2 Å². The number of esters is 1. The second-order valence-electron chi connectivity index (χ2n) is 6.11. The number of carbonyl (C=O) groups is 1. The van der Waals surface area contributed by atoms with E-state index in [2.05, 4.69) is 0 Å². The van der Waals surface area contributed by atoms with Crippen molar-refractivity contribution < 1.29 is 19.0 Å². The van der Waals surface area contributed by atoms with Crippen LogP contribution in [-0.2, 0) is 9.53 Å². The lowest BCUT2D eigenvalue weighted by Gasteiger charge is -2.18. The van der Waals surface area contributed by atoms with Crippen molar-refractivity contribution >= 4 is 22.8 Å². The smallest absolute Gasteiger partial charge is 0.331 e. The van der Waals surface area contributed by atoms with Gasteiger partial charge in [-0.2, -0.15) is 0 Å². The van der Waals surface area contributed by atoms with Crippen LogP contribution in [0, 0.1) is 0 Å². The van der Waals surface area contributed by atoms with Gasteiger partial charge in [0, 0.05) is 11.6 Å². The Morgan fingerprint density at radius 1 is 1.09 bits per heavy atom. The highest BCUT2D eigenvalue weighted by Gasteiger charge is 2.16. The number of fused-ring (bicyclic) bond motifs is 1. The topological polar surface area (TPSA) is 44.8 Å². The molecule has 122 valence electrons. The van der Waals surface area contributed by atoms with Crippen molar-refractivity contribution in [3.8, 4) is 11.5 Å². The SMILES string of the molecule is COc1cc2ccccc2c(/C=C/C(=O)OC(C)(C)C)c1OC. The summed E-state index contributed by atoms with van der Waals surface area (Å²) in [6.45, 7) is 5.50. The first-order valence-electron chi connectivity index (χ1n) is 7.40. The molecule has 2 aromatic carbocycles. The van der Waals surface area contributed by atoms with Crippen LogP contribution in [0.2, 0.25) is 0 Å². The van der Waals surface area contributed by atoms with Crippen molar-refractivity contribution in [3.63, 3.8) is 0 Å². The summed E-state index contributed by atoms with van der Waals surface area (Å²) >= 11 is 0. The lowest BCUT2D eigenvalue weighted by Crippen LogP contribution is -2.22. The Labute approximate surface area is 136 Å². The number of methoxy groups -OCH3 is 2. The highest BCUT2D eigenvalue weighted by Crippen LogP contribution is 2.38. The number of ether oxygens (including phenoxy) is 3. The monoisotopic (exact) mass is 314 g/mol. The van der Waals surface area contributed by atoms with Gasteiger partial charge in [0.2, 0.25) is 0 Å². The van der Waals surface area contributed by atoms with Crippen LogP contribution in [0.3, 0.4) is 0 Å². The van der Waals surface area contributed by atoms with Gasteiger partial charge in [-0.3, -0.25) is 0 Å². The Morgan fingerprint density at radius 3 is 2.39 bits per heavy atom. The summed E-state index contributed by atoms with van der Waals surface area (Å²) in [5.41, 5.74) is 0.260. The molecule has 0 unspecified atom stereocenters. The van der Waals surface area contributed by atoms with E-state index < -0.39 is 11.6 Å². The van der Waals surface area contributed by atoms with Crippen LogP contribution >= 0.6 is 0 Å². The van der Waals surface area contributed by atoms with Gasteiger partial charge in [0.1, 0.15) is 5.60 Å². The minimum atomic E-state index is -0.526. The second-order valence-corrected chi connectivity index (χ2v) is 6.11. The zero-order chi connectivity index (χ0) is 17.0. The van der Waals surface area contributed by atoms with Gasteiger partial charge in [0.05, 0.1) is 14.2 Å². The molecule has 0 spiro atoms. The van der Waals surface area contributed by atoms with E-state index in [4.69, 9.17) is 14.2 Å². The van der Waals surface area contributed by atoms with Crippen molar-refractivity contribution in [1.82, 2.24) is 0 Å². The molecule has 0 aliphatic heterocycles. The fourth-order valence-corrected chi connectivity index (χ4v) is 2.34. The van der Waals surface area contributed by atoms with Gasteiger partial charge >= 0.3 is 5.97 Å². The van der Waals surface area contributed by atoms with Crippen LogP contribution in [0.5, 0.6) is 11.5 Å². The second kappa shape index (κ2) is 6.73. The van der Waals surface area contributed by atoms with Gasteiger partial charge in [-0.15, -0.1) is 0 Å². The van der Waals surface area contributed by atoms with Crippen LogP contribution in [-0.4, -0.2) is 25.8 Å². The summed E-state index contributed by atoms with van der Waals surface area (Å²) in [5, 5.41) is 1.99. The molecule has 0 N–H and O–H groups in total. The fourth-order valence-electron chi connectivity index (χ4n) is 2.34. The van der Waals surface area contributed by atoms with Gasteiger partial charge in [0.15, 0.2) is 11.5 Å². The maximum atomic E-state index is 11.9. The van der Waals surface area contributed by atoms with Gasteiger partial charge in [-0.1, -0.05) is 24.3 Å². The molecule has 0 saturated carbocycles. The summed E-state index contributed by atoms with van der Waals surface area (Å²) in [4.78, 5) is 11.9. The molecule has 23 heavy (non-hydrogen) atoms. The van der Waals surface area contributed by atoms with Crippen LogP contribution < -0.4 is 9.47 Å². The zero-order valence-corrected chi connectivity index (χ0v) is 14.2. The number of carbonyl (C=O) groups excluding carboxylic acids is 1. The number of rotatable bonds is 4. The first-order chi connectivity index (χ1) is 10.9. The molecule has 0 atom stereocenters. The molecule has 0 amide bonds. The molecular weight excluding hydrogens is 292 g/mol. The molecule has 0 radical (unpaired) electrons. The third kappa shape index (κ3) is 4.03. The summed E-state index contributed by atoms with van der Waals surface area (Å²) in [6.07, 6.45) is 3.12. The summed E-state index contributed by atoms with van der Waals surface area (Å²) in [6, 6.07) is 9.78. The van der Waals surface area contributed by atoms with Crippen LogP contribution in [0.1, 0.15) is 26.3 Å². The third-order valence-corrected chi connectivity index (χ3v) is 3.22. The molecule has 0 bridgehead atoms. The van der Waals surface area contributed by atoms with Gasteiger partial charge in [-0.05, 0) is 43.7 Å². The first-order valence-corrected chi connectivity index (χ1v) is 7.40. The van der Waals surface area contributed by atoms with Crippen molar-refractivity contribution in [3.05, 3.63) is 42.0 Å². The first kappa shape index (κ1) is 16.9. The maximum Gasteiger partial charge on any atom is 0.331 e. The molecule has 0 aliphatic carbocycles. The molecule has 0 aromatic heterocycles. The number of hydrogen-bond donors (Lipinski definition) is 0. The Hall–Kier alpha value is -2.49. The van der Waals surface area contributed by atoms with Crippen molar-refractivity contribution in [2.24, 2.45) is 0 Å². The van der Waals surface area contributed by atoms with E-state index in [1.54, 1.807) is 20.3 Å². The Morgan fingerprint density at radius 2 is 1.78 bits per heavy atom. The highest BCUT2D eigenvalue weighted by molar-refractivity contribution is 5.98. The van der Waals surface area contributed by atoms with Gasteiger partial charge in [-0.25, -0.2) is 4.79 Å². The maximum absolute atomic E-state index is 11.9. The Balaban J connectivity index is 2.51. The van der Waals surface area contributed by atoms with E-state index in [1.165, 1.54) is 6.08 Å². The average Bonchev–Trinajstić information content (AvgIpc) is 2.49. The average molecular weight is 314 g/mol. The summed E-state index contributed by atoms with van der Waals surface area (Å²) in [5.74, 6) is 0.813. The van der Waals surface area contributed by atoms with Crippen LogP contribution in [0.4, 0.5) is 0 Å². The van der Waals surface area contributed by atoms with E-state index in [0.717, 1.165) is 16.3 Å². The highest BCUT2D eigenvalue weighted by atomic mass is 16.6. The Kier molecular flexibility index (Phi) is 4.94. The summed E-state index contributed by atoms with van der Waals surface area (Å²) < 4.78 is 16.2. The van der Waals surface area contributed by atoms with Crippen LogP contribution in [0.15, 0.2) is 36.4 Å². The van der Waals surface area contributed by atoms with E-state index in [0.29, 0.717) is 11.5 Å². The zero-order valence-electron chi connectivity index (χ0n) is 14.2. The predicted octanol–water partition coefficient (Wildman–Crippen LogP) is 4.21. The normalized spacial score (nSPS) is 11.7. The minimum absolute atomic E-state index is 0.397. The summed E-state index contributed by atoms with van der Waals surface area (Å²) in [7, 11) is 3.17. The molecule has 0 heterocycles. The number of benzene rings is 2. The van der Waals surface area contributed by atoms with Crippen molar-refractivity contribution in [2.75, 3.05) is 14.2 Å². The van der Waals surface area contributed by atoms with Crippen molar-refractivity contribution in [1.29, 1.82) is 0 Å². The van der Waals surface area contributed by atoms with Crippen LogP contribution in [0.25, 0.3) is 16.8 Å². The molecule has 2 rings (SSSR count). The minimum Gasteiger partial charge on any atom is -0.493 e. The quantitative estimate of drug-likeness (QED) is 0.626. The van der Waals surface area contributed by atoms with Crippen molar-refractivity contribution in [2.45, 2.75) is 26.4 Å². The number of hydrogen-bond acceptors (Lipinski definition) is 4. The molecule has 4 nitrogen and oxygen atoms in total. The van der Waals surface area contributed by atoms with E-state index >= 15 is 0 Å². The van der Waals surface area contributed by atoms with E-state index in [-0.39, 0.29) is 0 Å². The predicted molar refractivity (Wildman–Crippen MR) is 91.9 cm³/mol. The third-order valence-electron chi connectivity index (χ3n) is 3.22. The molecule has 0 aliphatic rings.